The van der Waals surface area contributed by atoms with Crippen LogP contribution in [0.3, 0.4) is 0 Å². The van der Waals surface area contributed by atoms with Crippen molar-refractivity contribution < 1.29 is 17.3 Å². The van der Waals surface area contributed by atoms with Crippen LogP contribution in [0.25, 0.3) is 4.47 Å². The topological polar surface area (TPSA) is 80.3 Å². The van der Waals surface area contributed by atoms with Crippen LogP contribution in [-0.2, 0) is 16.6 Å². The van der Waals surface area contributed by atoms with Crippen molar-refractivity contribution in [3.8, 4) is 0 Å². The molecule has 0 fully saturated rings. The summed E-state index contributed by atoms with van der Waals surface area (Å²) < 4.78 is 30.5. The van der Waals surface area contributed by atoms with Gasteiger partial charge in [-0.15, -0.1) is 0 Å². The molecule has 0 heterocycles. The monoisotopic (exact) mass is 549 g/mol. The average Bonchev–Trinajstić information content (AvgIpc) is 2.89. The van der Waals surface area contributed by atoms with Gasteiger partial charge in [-0.2, -0.15) is 0 Å². The van der Waals surface area contributed by atoms with E-state index >= 15 is 0 Å². The molecule has 0 saturated carbocycles. The number of sulfonamides is 1. The second-order valence-corrected chi connectivity index (χ2v) is 11.6. The summed E-state index contributed by atoms with van der Waals surface area (Å²) in [7, 11) is -4.05. The zero-order chi connectivity index (χ0) is 24.7. The molecular weight excluding hydrogens is 527 g/mol. The van der Waals surface area contributed by atoms with Crippen LogP contribution in [-0.4, -0.2) is 38.1 Å². The van der Waals surface area contributed by atoms with Crippen molar-refractivity contribution in [1.82, 2.24) is 0 Å². The molecule has 0 unspecified atom stereocenters. The first-order valence-corrected chi connectivity index (χ1v) is 13.8. The molecule has 0 aliphatic rings. The predicted molar refractivity (Wildman–Crippen MR) is 137 cm³/mol. The summed E-state index contributed by atoms with van der Waals surface area (Å²) in [6.45, 7) is 0.0708. The molecule has 174 valence electrons. The second kappa shape index (κ2) is 11.1. The van der Waals surface area contributed by atoms with Crippen LogP contribution in [0, 0.1) is 10.1 Å². The zero-order valence-electron chi connectivity index (χ0n) is 18.5. The van der Waals surface area contributed by atoms with E-state index in [1.54, 1.807) is 0 Å². The number of nitrogens with zero attached hydrogens (tertiary/aromatic N) is 2. The Hall–Kier alpha value is -3.80. The number of nitro groups is 1. The molecule has 6 nitrogen and oxygen atoms in total. The van der Waals surface area contributed by atoms with Crippen LogP contribution in [0.5, 0.6) is 0 Å². The Kier molecular flexibility index (Phi) is 7.70. The Morgan fingerprint density at radius 2 is 1.31 bits per heavy atom. The summed E-state index contributed by atoms with van der Waals surface area (Å²) in [5.41, 5.74) is 1.51. The molecule has 4 aromatic rings. The molecule has 0 bridgehead atoms. The minimum absolute atomic E-state index is 0.0360. The fourth-order valence-corrected chi connectivity index (χ4v) is 6.62. The van der Waals surface area contributed by atoms with Crippen molar-refractivity contribution in [1.29, 1.82) is 0 Å². The van der Waals surface area contributed by atoms with Crippen molar-refractivity contribution in [2.75, 3.05) is 0 Å². The molecule has 0 saturated heterocycles. The third-order valence-corrected chi connectivity index (χ3v) is 8.88. The number of rotatable bonds is 8. The Morgan fingerprint density at radius 1 is 0.771 bits per heavy atom. The zero-order valence-corrected chi connectivity index (χ0v) is 21.1. The summed E-state index contributed by atoms with van der Waals surface area (Å²) in [4.78, 5) is 10.5. The van der Waals surface area contributed by atoms with Crippen molar-refractivity contribution in [3.05, 3.63) is 137 Å². The summed E-state index contributed by atoms with van der Waals surface area (Å²) in [6.07, 6.45) is 0. The minimum atomic E-state index is -4.05. The van der Waals surface area contributed by atoms with Crippen LogP contribution in [0.4, 0.5) is 5.69 Å². The van der Waals surface area contributed by atoms with Crippen LogP contribution in [0.15, 0.2) is 120 Å². The molecule has 4 aromatic carbocycles. The average molecular weight is 549 g/mol. The van der Waals surface area contributed by atoms with Crippen LogP contribution < -0.4 is 4.46 Å². The van der Waals surface area contributed by atoms with Gasteiger partial charge in [-0.1, -0.05) is 0 Å². The molecule has 0 aliphatic carbocycles. The number of benzene rings is 4. The van der Waals surface area contributed by atoms with Gasteiger partial charge in [-0.25, -0.2) is 0 Å². The third-order valence-electron chi connectivity index (χ3n) is 5.03. The van der Waals surface area contributed by atoms with E-state index in [4.69, 9.17) is 0 Å². The van der Waals surface area contributed by atoms with Gasteiger partial charge in [-0.3, -0.25) is 0 Å². The number of nitro benzene ring substituents is 1. The van der Waals surface area contributed by atoms with Crippen molar-refractivity contribution in [3.63, 3.8) is 0 Å². The first-order chi connectivity index (χ1) is 16.9. The van der Waals surface area contributed by atoms with Gasteiger partial charge in [0.15, 0.2) is 0 Å². The maximum atomic E-state index is 13.7. The molecule has 0 amide bonds. The van der Waals surface area contributed by atoms with E-state index in [1.165, 1.54) is 28.2 Å². The van der Waals surface area contributed by atoms with E-state index in [0.717, 1.165) is 20.1 Å². The van der Waals surface area contributed by atoms with Crippen molar-refractivity contribution >= 4 is 45.5 Å². The van der Waals surface area contributed by atoms with E-state index in [9.17, 15) is 18.5 Å². The maximum absolute atomic E-state index is 13.7. The van der Waals surface area contributed by atoms with E-state index in [1.807, 2.05) is 91.0 Å². The Bertz CT molecular complexity index is 1480. The molecule has 0 aromatic heterocycles. The molecule has 0 N–H and O–H groups in total. The molecule has 35 heavy (non-hydrogen) atoms. The van der Waals surface area contributed by atoms with Crippen LogP contribution in [0.1, 0.15) is 11.1 Å². The molecule has 8 heteroatoms. The van der Waals surface area contributed by atoms with Crippen LogP contribution >= 0.6 is 0 Å². The van der Waals surface area contributed by atoms with E-state index in [2.05, 4.69) is 5.87 Å². The van der Waals surface area contributed by atoms with Crippen LogP contribution in [0.2, 0.25) is 0 Å². The fourth-order valence-electron chi connectivity index (χ4n) is 3.26. The van der Waals surface area contributed by atoms with Crippen molar-refractivity contribution in [2.45, 2.75) is 11.4 Å². The Balaban J connectivity index is 1.91. The number of hydrogen-bond acceptors (Lipinski definition) is 4. The Morgan fingerprint density at radius 3 is 1.89 bits per heavy atom. The van der Waals surface area contributed by atoms with E-state index < -0.39 is 14.9 Å². The molecular formula is C27H21N2O4SSe+. The molecule has 0 spiro atoms. The Labute approximate surface area is 210 Å². The fraction of sp³-hybridized carbons (Fsp3) is 0.0370. The first-order valence-electron chi connectivity index (χ1n) is 10.7. The summed E-state index contributed by atoms with van der Waals surface area (Å²) in [6, 6.07) is 33.7. The van der Waals surface area contributed by atoms with Gasteiger partial charge in [-0.05, 0) is 0 Å². The SMILES string of the molecule is O=[N+]([O-])c1ccc(S(=O)(=O)[N+](=C=C([Se]c2ccccc2)c2ccccc2)Cc2ccccc2)cc1. The van der Waals surface area contributed by atoms with Gasteiger partial charge in [0.05, 0.1) is 0 Å². The van der Waals surface area contributed by atoms with Gasteiger partial charge in [0.25, 0.3) is 0 Å². The predicted octanol–water partition coefficient (Wildman–Crippen LogP) is 4.24. The standard InChI is InChI=1S/C27H21N2O4SSe/c30-29(31)24-16-18-25(19-17-24)34(32,33)28(20-22-10-4-1-5-11-22)21-27(23-12-6-2-7-13-23)35-26-14-8-3-9-15-26/h1-19H,20H2/q+1. The normalized spacial score (nSPS) is 10.9. The van der Waals surface area contributed by atoms with Crippen molar-refractivity contribution in [2.24, 2.45) is 0 Å². The summed E-state index contributed by atoms with van der Waals surface area (Å²) >= 11 is -0.220. The van der Waals surface area contributed by atoms with E-state index in [-0.39, 0.29) is 32.1 Å². The quantitative estimate of drug-likeness (QED) is 0.109. The third kappa shape index (κ3) is 6.21. The van der Waals surface area contributed by atoms with Gasteiger partial charge in [0.2, 0.25) is 0 Å². The first kappa shape index (κ1) is 24.3. The van der Waals surface area contributed by atoms with E-state index in [0.29, 0.717) is 0 Å². The molecule has 0 radical (unpaired) electrons. The summed E-state index contributed by atoms with van der Waals surface area (Å²) in [5, 5.41) is 11.0. The molecule has 0 atom stereocenters. The van der Waals surface area contributed by atoms with Gasteiger partial charge in [0.1, 0.15) is 0 Å². The summed E-state index contributed by atoms with van der Waals surface area (Å²) in [5.74, 6) is 3.20. The molecule has 0 aliphatic heterocycles. The number of hydrogen-bond donors (Lipinski definition) is 0. The molecule has 4 rings (SSSR count). The van der Waals surface area contributed by atoms with Gasteiger partial charge < -0.3 is 0 Å². The second-order valence-electron chi connectivity index (χ2n) is 7.47. The van der Waals surface area contributed by atoms with Gasteiger partial charge >= 0.3 is 211 Å². The van der Waals surface area contributed by atoms with Gasteiger partial charge in [0, 0.05) is 0 Å². The number of non-ortho nitro benzene ring substituents is 1.